The summed E-state index contributed by atoms with van der Waals surface area (Å²) in [6, 6.07) is 1.78. The second-order valence-electron chi connectivity index (χ2n) is 4.21. The maximum absolute atomic E-state index is 12.1. The number of carbonyl (C=O) groups excluding carboxylic acids is 3. The first kappa shape index (κ1) is 14.4. The van der Waals surface area contributed by atoms with Crippen molar-refractivity contribution in [3.63, 3.8) is 0 Å². The third-order valence-corrected chi connectivity index (χ3v) is 3.66. The minimum absolute atomic E-state index is 0.266. The van der Waals surface area contributed by atoms with Gasteiger partial charge in [-0.3, -0.25) is 19.3 Å². The molecular formula is C13H13NO5S. The predicted molar refractivity (Wildman–Crippen MR) is 72.9 cm³/mol. The zero-order valence-electron chi connectivity index (χ0n) is 11.3. The van der Waals surface area contributed by atoms with Crippen LogP contribution < -0.4 is 0 Å². The highest BCUT2D eigenvalue weighted by Gasteiger charge is 2.36. The number of thioether (sulfide) groups is 1. The molecule has 7 heteroatoms. The molecule has 20 heavy (non-hydrogen) atoms. The van der Waals surface area contributed by atoms with Gasteiger partial charge in [-0.15, -0.1) is 0 Å². The van der Waals surface area contributed by atoms with Gasteiger partial charge in [-0.25, -0.2) is 0 Å². The molecule has 6 nitrogen and oxygen atoms in total. The average Bonchev–Trinajstić information content (AvgIpc) is 2.83. The summed E-state index contributed by atoms with van der Waals surface area (Å²) in [5.74, 6) is 0.261. The molecule has 0 spiro atoms. The van der Waals surface area contributed by atoms with Crippen molar-refractivity contribution in [1.29, 1.82) is 0 Å². The first-order valence-electron chi connectivity index (χ1n) is 5.81. The van der Waals surface area contributed by atoms with Crippen LogP contribution in [0.4, 0.5) is 4.79 Å². The van der Waals surface area contributed by atoms with Crippen molar-refractivity contribution in [3.05, 3.63) is 28.1 Å². The summed E-state index contributed by atoms with van der Waals surface area (Å²) in [7, 11) is 1.20. The molecule has 0 saturated carbocycles. The van der Waals surface area contributed by atoms with Crippen LogP contribution in [0.15, 0.2) is 15.4 Å². The van der Waals surface area contributed by atoms with E-state index in [1.807, 2.05) is 0 Å². The topological polar surface area (TPSA) is 76.8 Å². The van der Waals surface area contributed by atoms with E-state index in [2.05, 4.69) is 4.74 Å². The van der Waals surface area contributed by atoms with Gasteiger partial charge in [-0.2, -0.15) is 0 Å². The number of methoxy groups -OCH3 is 1. The lowest BCUT2D eigenvalue weighted by Crippen LogP contribution is -2.34. The number of rotatable bonds is 3. The van der Waals surface area contributed by atoms with Crippen LogP contribution in [0.5, 0.6) is 0 Å². The zero-order chi connectivity index (χ0) is 14.9. The lowest BCUT2D eigenvalue weighted by molar-refractivity contribution is -0.143. The third-order valence-electron chi connectivity index (χ3n) is 2.75. The van der Waals surface area contributed by atoms with Crippen molar-refractivity contribution in [3.8, 4) is 0 Å². The molecule has 0 N–H and O–H groups in total. The Morgan fingerprint density at radius 1 is 1.45 bits per heavy atom. The smallest absolute Gasteiger partial charge is 0.325 e. The highest BCUT2D eigenvalue weighted by molar-refractivity contribution is 8.18. The number of amides is 2. The second kappa shape index (κ2) is 5.54. The van der Waals surface area contributed by atoms with Crippen LogP contribution in [0.3, 0.4) is 0 Å². The number of furan rings is 1. The Morgan fingerprint density at radius 2 is 2.15 bits per heavy atom. The standard InChI is InChI=1S/C13H13NO5S/c1-7-4-9(8(2)19-7)5-10-12(16)14(13(17)20-10)6-11(15)18-3/h4-5H,6H2,1-3H3/b10-5+. The maximum atomic E-state index is 12.1. The van der Waals surface area contributed by atoms with E-state index in [-0.39, 0.29) is 11.4 Å². The average molecular weight is 295 g/mol. The fraction of sp³-hybridized carbons (Fsp3) is 0.308. The number of carbonyl (C=O) groups is 3. The van der Waals surface area contributed by atoms with Gasteiger partial charge in [0.2, 0.25) is 0 Å². The summed E-state index contributed by atoms with van der Waals surface area (Å²) in [4.78, 5) is 36.1. The monoisotopic (exact) mass is 295 g/mol. The molecule has 0 bridgehead atoms. The molecule has 106 valence electrons. The van der Waals surface area contributed by atoms with Gasteiger partial charge in [-0.05, 0) is 37.8 Å². The molecule has 0 unspecified atom stereocenters. The Kier molecular flexibility index (Phi) is 3.99. The number of aryl methyl sites for hydroxylation is 2. The molecule has 2 rings (SSSR count). The van der Waals surface area contributed by atoms with Crippen molar-refractivity contribution in [2.24, 2.45) is 0 Å². The van der Waals surface area contributed by atoms with Crippen LogP contribution in [0, 0.1) is 13.8 Å². The lowest BCUT2D eigenvalue weighted by atomic mass is 10.2. The van der Waals surface area contributed by atoms with Crippen molar-refractivity contribution < 1.29 is 23.5 Å². The molecule has 2 amide bonds. The highest BCUT2D eigenvalue weighted by atomic mass is 32.2. The molecule has 1 aliphatic rings. The third kappa shape index (κ3) is 2.77. The van der Waals surface area contributed by atoms with Gasteiger partial charge < -0.3 is 9.15 Å². The molecule has 1 saturated heterocycles. The number of esters is 1. The molecule has 0 radical (unpaired) electrons. The number of hydrogen-bond acceptors (Lipinski definition) is 6. The van der Waals surface area contributed by atoms with Gasteiger partial charge in [0.15, 0.2) is 0 Å². The quantitative estimate of drug-likeness (QED) is 0.628. The van der Waals surface area contributed by atoms with Crippen LogP contribution in [0.2, 0.25) is 0 Å². The van der Waals surface area contributed by atoms with Crippen LogP contribution in [0.25, 0.3) is 6.08 Å². The number of nitrogens with zero attached hydrogens (tertiary/aromatic N) is 1. The van der Waals surface area contributed by atoms with Crippen molar-refractivity contribution >= 4 is 35.0 Å². The molecule has 1 aromatic rings. The van der Waals surface area contributed by atoms with Crippen LogP contribution in [0.1, 0.15) is 17.1 Å². The number of imide groups is 1. The Bertz CT molecular complexity index is 616. The fourth-order valence-electron chi connectivity index (χ4n) is 1.76. The van der Waals surface area contributed by atoms with Crippen molar-refractivity contribution in [2.75, 3.05) is 13.7 Å². The van der Waals surface area contributed by atoms with E-state index >= 15 is 0 Å². The summed E-state index contributed by atoms with van der Waals surface area (Å²) < 4.78 is 9.81. The molecular weight excluding hydrogens is 282 g/mol. The summed E-state index contributed by atoms with van der Waals surface area (Å²) in [6.07, 6.45) is 1.59. The predicted octanol–water partition coefficient (Wildman–Crippen LogP) is 2.11. The van der Waals surface area contributed by atoms with Crippen molar-refractivity contribution in [2.45, 2.75) is 13.8 Å². The van der Waals surface area contributed by atoms with Gasteiger partial charge in [0.1, 0.15) is 18.1 Å². The van der Waals surface area contributed by atoms with E-state index < -0.39 is 17.1 Å². The van der Waals surface area contributed by atoms with Crippen molar-refractivity contribution in [1.82, 2.24) is 4.90 Å². The number of hydrogen-bond donors (Lipinski definition) is 0. The van der Waals surface area contributed by atoms with E-state index in [9.17, 15) is 14.4 Å². The minimum Gasteiger partial charge on any atom is -0.468 e. The van der Waals surface area contributed by atoms with E-state index in [0.29, 0.717) is 5.76 Å². The molecule has 1 fully saturated rings. The van der Waals surface area contributed by atoms with Gasteiger partial charge >= 0.3 is 5.97 Å². The van der Waals surface area contributed by atoms with E-state index in [1.165, 1.54) is 7.11 Å². The Balaban J connectivity index is 2.23. The van der Waals surface area contributed by atoms with Gasteiger partial charge in [0.05, 0.1) is 12.0 Å². The molecule has 2 heterocycles. The van der Waals surface area contributed by atoms with E-state index in [1.54, 1.807) is 26.0 Å². The lowest BCUT2D eigenvalue weighted by Gasteiger charge is -2.09. The Labute approximate surface area is 119 Å². The van der Waals surface area contributed by atoms with E-state index in [0.717, 1.165) is 28.0 Å². The van der Waals surface area contributed by atoms with Crippen LogP contribution in [-0.4, -0.2) is 35.7 Å². The van der Waals surface area contributed by atoms with Gasteiger partial charge in [-0.1, -0.05) is 0 Å². The number of ether oxygens (including phenoxy) is 1. The largest absolute Gasteiger partial charge is 0.468 e. The summed E-state index contributed by atoms with van der Waals surface area (Å²) in [5, 5.41) is -0.482. The molecule has 1 aromatic heterocycles. The Morgan fingerprint density at radius 3 is 2.70 bits per heavy atom. The van der Waals surface area contributed by atoms with Crippen LogP contribution >= 0.6 is 11.8 Å². The van der Waals surface area contributed by atoms with Crippen LogP contribution in [-0.2, 0) is 14.3 Å². The SMILES string of the molecule is COC(=O)CN1C(=O)S/C(=C/c2cc(C)oc2C)C1=O. The fourth-order valence-corrected chi connectivity index (χ4v) is 2.59. The first-order valence-corrected chi connectivity index (χ1v) is 6.63. The molecule has 1 aliphatic heterocycles. The second-order valence-corrected chi connectivity index (χ2v) is 5.21. The molecule has 0 aromatic carbocycles. The van der Waals surface area contributed by atoms with Gasteiger partial charge in [0, 0.05) is 5.56 Å². The molecule has 0 aliphatic carbocycles. The maximum Gasteiger partial charge on any atom is 0.325 e. The minimum atomic E-state index is -0.635. The first-order chi connectivity index (χ1) is 9.42. The summed E-state index contributed by atoms with van der Waals surface area (Å²) in [6.45, 7) is 3.20. The summed E-state index contributed by atoms with van der Waals surface area (Å²) >= 11 is 0.796. The summed E-state index contributed by atoms with van der Waals surface area (Å²) in [5.41, 5.74) is 0.742. The normalized spacial score (nSPS) is 17.1. The van der Waals surface area contributed by atoms with E-state index in [4.69, 9.17) is 4.42 Å². The Hall–Kier alpha value is -2.02. The highest BCUT2D eigenvalue weighted by Crippen LogP contribution is 2.33. The zero-order valence-corrected chi connectivity index (χ0v) is 12.1. The molecule has 0 atom stereocenters. The van der Waals surface area contributed by atoms with Gasteiger partial charge in [0.25, 0.3) is 11.1 Å².